The molecule has 0 spiro atoms. The molecule has 0 fully saturated rings. The van der Waals surface area contributed by atoms with Gasteiger partial charge in [0.25, 0.3) is 0 Å². The summed E-state index contributed by atoms with van der Waals surface area (Å²) in [5.74, 6) is -0.118. The van der Waals surface area contributed by atoms with E-state index in [1.165, 1.54) is 18.2 Å². The molecule has 0 saturated heterocycles. The number of carbonyl (C=O) groups is 1. The Labute approximate surface area is 118 Å². The van der Waals surface area contributed by atoms with E-state index in [2.05, 4.69) is 9.97 Å². The van der Waals surface area contributed by atoms with E-state index in [-0.39, 0.29) is 5.56 Å². The number of fused-ring (bicyclic) bond motifs is 1. The zero-order valence-corrected chi connectivity index (χ0v) is 10.8. The summed E-state index contributed by atoms with van der Waals surface area (Å²) in [4.78, 5) is 39.3. The maximum absolute atomic E-state index is 12.0. The van der Waals surface area contributed by atoms with Gasteiger partial charge >= 0.3 is 17.1 Å². The molecule has 1 heterocycles. The summed E-state index contributed by atoms with van der Waals surface area (Å²) in [6, 6.07) is 13.2. The molecule has 0 saturated carbocycles. The van der Waals surface area contributed by atoms with Crippen molar-refractivity contribution < 1.29 is 9.53 Å². The highest BCUT2D eigenvalue weighted by molar-refractivity contribution is 5.94. The van der Waals surface area contributed by atoms with Gasteiger partial charge < -0.3 is 14.7 Å². The van der Waals surface area contributed by atoms with E-state index in [4.69, 9.17) is 4.74 Å². The number of aromatic amines is 2. The van der Waals surface area contributed by atoms with E-state index in [1.807, 2.05) is 6.07 Å². The van der Waals surface area contributed by atoms with Crippen LogP contribution in [0.15, 0.2) is 58.1 Å². The van der Waals surface area contributed by atoms with Gasteiger partial charge in [-0.05, 0) is 30.3 Å². The molecule has 104 valence electrons. The molecule has 0 atom stereocenters. The van der Waals surface area contributed by atoms with Crippen LogP contribution in [0.25, 0.3) is 11.0 Å². The van der Waals surface area contributed by atoms with Crippen molar-refractivity contribution in [3.63, 3.8) is 0 Å². The van der Waals surface area contributed by atoms with E-state index < -0.39 is 17.1 Å². The van der Waals surface area contributed by atoms with Crippen molar-refractivity contribution >= 4 is 17.0 Å². The molecule has 6 nitrogen and oxygen atoms in total. The largest absolute Gasteiger partial charge is 0.423 e. The monoisotopic (exact) mass is 282 g/mol. The molecule has 3 aromatic rings. The number of nitrogens with one attached hydrogen (secondary N) is 2. The topological polar surface area (TPSA) is 92.0 Å². The Morgan fingerprint density at radius 3 is 2.24 bits per heavy atom. The van der Waals surface area contributed by atoms with Crippen LogP contribution in [0.3, 0.4) is 0 Å². The van der Waals surface area contributed by atoms with E-state index in [9.17, 15) is 14.4 Å². The van der Waals surface area contributed by atoms with Gasteiger partial charge in [-0.2, -0.15) is 0 Å². The Morgan fingerprint density at radius 1 is 0.857 bits per heavy atom. The standard InChI is InChI=1S/C15H10N2O4/c18-13-14(19)17-12-8-9(6-7-11(12)16-13)15(20)21-10-4-2-1-3-5-10/h1-8H,(H,16,18)(H,17,19). The molecule has 0 bridgehead atoms. The van der Waals surface area contributed by atoms with Gasteiger partial charge in [-0.3, -0.25) is 9.59 Å². The Hall–Kier alpha value is -3.15. The van der Waals surface area contributed by atoms with Crippen LogP contribution < -0.4 is 15.9 Å². The number of H-pyrrole nitrogens is 2. The van der Waals surface area contributed by atoms with Crippen LogP contribution >= 0.6 is 0 Å². The lowest BCUT2D eigenvalue weighted by atomic mass is 10.2. The van der Waals surface area contributed by atoms with Crippen molar-refractivity contribution in [1.82, 2.24) is 9.97 Å². The number of aromatic nitrogens is 2. The quantitative estimate of drug-likeness (QED) is 0.422. The fourth-order valence-corrected chi connectivity index (χ4v) is 1.90. The Morgan fingerprint density at radius 2 is 1.52 bits per heavy atom. The van der Waals surface area contributed by atoms with Crippen molar-refractivity contribution in [1.29, 1.82) is 0 Å². The van der Waals surface area contributed by atoms with Crippen molar-refractivity contribution in [2.75, 3.05) is 0 Å². The maximum Gasteiger partial charge on any atom is 0.343 e. The molecule has 0 unspecified atom stereocenters. The van der Waals surface area contributed by atoms with Crippen molar-refractivity contribution in [2.45, 2.75) is 0 Å². The Kier molecular flexibility index (Phi) is 3.12. The number of hydrogen-bond donors (Lipinski definition) is 2. The summed E-state index contributed by atoms with van der Waals surface area (Å²) in [7, 11) is 0. The second kappa shape index (κ2) is 5.09. The van der Waals surface area contributed by atoms with Crippen LogP contribution in [0.1, 0.15) is 10.4 Å². The van der Waals surface area contributed by atoms with Crippen molar-refractivity contribution in [2.24, 2.45) is 0 Å². The first-order valence-electron chi connectivity index (χ1n) is 6.17. The van der Waals surface area contributed by atoms with Gasteiger partial charge in [0.05, 0.1) is 16.6 Å². The summed E-state index contributed by atoms with van der Waals surface area (Å²) < 4.78 is 5.20. The van der Waals surface area contributed by atoms with Crippen LogP contribution in [0.5, 0.6) is 5.75 Å². The molecule has 0 amide bonds. The smallest absolute Gasteiger partial charge is 0.343 e. The summed E-state index contributed by atoms with van der Waals surface area (Å²) in [5, 5.41) is 0. The van der Waals surface area contributed by atoms with Gasteiger partial charge in [0.2, 0.25) is 0 Å². The lowest BCUT2D eigenvalue weighted by molar-refractivity contribution is 0.0735. The number of benzene rings is 2. The number of hydrogen-bond acceptors (Lipinski definition) is 4. The molecule has 1 aromatic heterocycles. The average Bonchev–Trinajstić information content (AvgIpc) is 2.49. The number of para-hydroxylation sites is 1. The summed E-state index contributed by atoms with van der Waals surface area (Å²) in [6.07, 6.45) is 0. The molecule has 3 rings (SSSR count). The Bertz CT molecular complexity index is 926. The van der Waals surface area contributed by atoms with Crippen LogP contribution in [-0.2, 0) is 0 Å². The first-order chi connectivity index (χ1) is 10.1. The van der Waals surface area contributed by atoms with Crippen molar-refractivity contribution in [3.8, 4) is 5.75 Å². The number of ether oxygens (including phenoxy) is 1. The minimum absolute atomic E-state index is 0.272. The third kappa shape index (κ3) is 2.59. The number of esters is 1. The maximum atomic E-state index is 12.0. The summed E-state index contributed by atoms with van der Waals surface area (Å²) in [6.45, 7) is 0. The Balaban J connectivity index is 1.97. The lowest BCUT2D eigenvalue weighted by Gasteiger charge is -2.05. The SMILES string of the molecule is O=C(Oc1ccccc1)c1ccc2[nH]c(=O)c(=O)[nH]c2c1. The number of carbonyl (C=O) groups excluding carboxylic acids is 1. The van der Waals surface area contributed by atoms with Crippen molar-refractivity contribution in [3.05, 3.63) is 74.8 Å². The zero-order valence-electron chi connectivity index (χ0n) is 10.8. The van der Waals surface area contributed by atoms with Crippen LogP contribution in [-0.4, -0.2) is 15.9 Å². The minimum Gasteiger partial charge on any atom is -0.423 e. The lowest BCUT2D eigenvalue weighted by Crippen LogP contribution is -2.29. The van der Waals surface area contributed by atoms with Crippen LogP contribution in [0, 0.1) is 0 Å². The fourth-order valence-electron chi connectivity index (χ4n) is 1.90. The second-order valence-corrected chi connectivity index (χ2v) is 4.37. The fraction of sp³-hybridized carbons (Fsp3) is 0. The minimum atomic E-state index is -0.768. The highest BCUT2D eigenvalue weighted by Crippen LogP contribution is 2.14. The molecule has 2 aromatic carbocycles. The first kappa shape index (κ1) is 12.9. The molecule has 0 aliphatic heterocycles. The highest BCUT2D eigenvalue weighted by atomic mass is 16.5. The normalized spacial score (nSPS) is 10.5. The molecule has 0 aliphatic rings. The molecule has 0 aliphatic carbocycles. The molecular formula is C15H10N2O4. The average molecular weight is 282 g/mol. The summed E-state index contributed by atoms with van der Waals surface area (Å²) >= 11 is 0. The molecule has 2 N–H and O–H groups in total. The van der Waals surface area contributed by atoms with Gasteiger partial charge in [-0.15, -0.1) is 0 Å². The van der Waals surface area contributed by atoms with Gasteiger partial charge in [0, 0.05) is 0 Å². The van der Waals surface area contributed by atoms with Crippen LogP contribution in [0.4, 0.5) is 0 Å². The first-order valence-corrected chi connectivity index (χ1v) is 6.17. The highest BCUT2D eigenvalue weighted by Gasteiger charge is 2.10. The second-order valence-electron chi connectivity index (χ2n) is 4.37. The summed E-state index contributed by atoms with van der Waals surface area (Å²) in [5.41, 5.74) is -0.426. The van der Waals surface area contributed by atoms with E-state index in [0.717, 1.165) is 0 Å². The van der Waals surface area contributed by atoms with E-state index >= 15 is 0 Å². The molecule has 21 heavy (non-hydrogen) atoms. The molecular weight excluding hydrogens is 272 g/mol. The zero-order chi connectivity index (χ0) is 14.8. The predicted octanol–water partition coefficient (Wildman–Crippen LogP) is 1.44. The van der Waals surface area contributed by atoms with Gasteiger partial charge in [0.15, 0.2) is 0 Å². The number of rotatable bonds is 2. The van der Waals surface area contributed by atoms with Crippen LogP contribution in [0.2, 0.25) is 0 Å². The van der Waals surface area contributed by atoms with E-state index in [0.29, 0.717) is 16.8 Å². The molecule has 6 heteroatoms. The van der Waals surface area contributed by atoms with Gasteiger partial charge in [-0.1, -0.05) is 18.2 Å². The van der Waals surface area contributed by atoms with E-state index in [1.54, 1.807) is 24.3 Å². The predicted molar refractivity (Wildman–Crippen MR) is 76.6 cm³/mol. The third-order valence-corrected chi connectivity index (χ3v) is 2.91. The third-order valence-electron chi connectivity index (χ3n) is 2.91. The molecule has 0 radical (unpaired) electrons. The van der Waals surface area contributed by atoms with Gasteiger partial charge in [0.1, 0.15) is 5.75 Å². The van der Waals surface area contributed by atoms with Gasteiger partial charge in [-0.25, -0.2) is 4.79 Å².